The molecule has 1 atom stereocenters. The Kier molecular flexibility index (Phi) is 6.09. The van der Waals surface area contributed by atoms with Gasteiger partial charge in [0.15, 0.2) is 0 Å². The summed E-state index contributed by atoms with van der Waals surface area (Å²) in [6.07, 6.45) is 3.27. The zero-order valence-electron chi connectivity index (χ0n) is 12.9. The molecule has 0 spiro atoms. The van der Waals surface area contributed by atoms with Gasteiger partial charge in [-0.05, 0) is 59.0 Å². The second-order valence-corrected chi connectivity index (χ2v) is 6.88. The normalized spacial score (nSPS) is 22.7. The van der Waals surface area contributed by atoms with Crippen molar-refractivity contribution in [2.24, 2.45) is 5.92 Å². The van der Waals surface area contributed by atoms with E-state index in [0.717, 1.165) is 13.0 Å². The Bertz CT molecular complexity index is 231. The number of hydrogen-bond donors (Lipinski definition) is 2. The van der Waals surface area contributed by atoms with Crippen molar-refractivity contribution < 1.29 is 5.11 Å². The van der Waals surface area contributed by atoms with E-state index in [-0.39, 0.29) is 0 Å². The van der Waals surface area contributed by atoms with Gasteiger partial charge in [0.05, 0.1) is 5.60 Å². The molecule has 0 radical (unpaired) electrons. The largest absolute Gasteiger partial charge is 0.389 e. The van der Waals surface area contributed by atoms with Gasteiger partial charge in [-0.25, -0.2) is 0 Å². The number of rotatable bonds is 6. The highest BCUT2D eigenvalue weighted by molar-refractivity contribution is 4.83. The van der Waals surface area contributed by atoms with Crippen LogP contribution in [-0.2, 0) is 0 Å². The maximum absolute atomic E-state index is 10.3. The highest BCUT2D eigenvalue weighted by Crippen LogP contribution is 2.17. The summed E-state index contributed by atoms with van der Waals surface area (Å²) in [7, 11) is 0. The van der Waals surface area contributed by atoms with Gasteiger partial charge in [0, 0.05) is 18.6 Å². The molecule has 1 heterocycles. The van der Waals surface area contributed by atoms with Gasteiger partial charge in [0.2, 0.25) is 0 Å². The Balaban J connectivity index is 2.25. The highest BCUT2D eigenvalue weighted by Gasteiger charge is 2.25. The third-order valence-electron chi connectivity index (χ3n) is 3.88. The lowest BCUT2D eigenvalue weighted by molar-refractivity contribution is 0.0324. The first-order chi connectivity index (χ1) is 8.30. The van der Waals surface area contributed by atoms with Crippen molar-refractivity contribution >= 4 is 0 Å². The van der Waals surface area contributed by atoms with Crippen LogP contribution in [0.2, 0.25) is 0 Å². The molecule has 3 nitrogen and oxygen atoms in total. The lowest BCUT2D eigenvalue weighted by Crippen LogP contribution is -2.49. The Hall–Kier alpha value is -0.120. The minimum Gasteiger partial charge on any atom is -0.389 e. The molecule has 0 aromatic rings. The highest BCUT2D eigenvalue weighted by atomic mass is 16.3. The molecule has 1 fully saturated rings. The maximum atomic E-state index is 10.3. The van der Waals surface area contributed by atoms with Crippen LogP contribution < -0.4 is 5.32 Å². The summed E-state index contributed by atoms with van der Waals surface area (Å²) >= 11 is 0. The molecule has 0 bridgehead atoms. The van der Waals surface area contributed by atoms with Crippen LogP contribution in [0.15, 0.2) is 0 Å². The van der Waals surface area contributed by atoms with Gasteiger partial charge in [0.25, 0.3) is 0 Å². The van der Waals surface area contributed by atoms with E-state index in [2.05, 4.69) is 37.9 Å². The van der Waals surface area contributed by atoms with Crippen molar-refractivity contribution in [1.82, 2.24) is 10.2 Å². The van der Waals surface area contributed by atoms with Crippen molar-refractivity contribution in [3.63, 3.8) is 0 Å². The molecular weight excluding hydrogens is 224 g/mol. The molecule has 1 aliphatic rings. The van der Waals surface area contributed by atoms with Crippen LogP contribution in [-0.4, -0.2) is 47.3 Å². The monoisotopic (exact) mass is 256 g/mol. The summed E-state index contributed by atoms with van der Waals surface area (Å²) in [6, 6.07) is 1.24. The molecule has 108 valence electrons. The van der Waals surface area contributed by atoms with Gasteiger partial charge >= 0.3 is 0 Å². The van der Waals surface area contributed by atoms with Gasteiger partial charge in [-0.15, -0.1) is 0 Å². The topological polar surface area (TPSA) is 35.5 Å². The third-order valence-corrected chi connectivity index (χ3v) is 3.88. The summed E-state index contributed by atoms with van der Waals surface area (Å²) in [5.74, 6) is 0.546. The van der Waals surface area contributed by atoms with Gasteiger partial charge in [-0.3, -0.25) is 0 Å². The van der Waals surface area contributed by atoms with Crippen molar-refractivity contribution in [3.8, 4) is 0 Å². The third kappa shape index (κ3) is 5.68. The zero-order valence-corrected chi connectivity index (χ0v) is 12.9. The van der Waals surface area contributed by atoms with Crippen LogP contribution in [0.25, 0.3) is 0 Å². The summed E-state index contributed by atoms with van der Waals surface area (Å²) in [6.45, 7) is 13.9. The second kappa shape index (κ2) is 6.88. The van der Waals surface area contributed by atoms with E-state index in [4.69, 9.17) is 0 Å². The fourth-order valence-electron chi connectivity index (χ4n) is 2.94. The first-order valence-electron chi connectivity index (χ1n) is 7.50. The van der Waals surface area contributed by atoms with E-state index in [1.165, 1.54) is 25.9 Å². The molecule has 0 aliphatic carbocycles. The Morgan fingerprint density at radius 3 is 2.22 bits per heavy atom. The quantitative estimate of drug-likeness (QED) is 0.765. The van der Waals surface area contributed by atoms with Crippen LogP contribution in [0.1, 0.15) is 53.9 Å². The number of hydrogen-bond acceptors (Lipinski definition) is 3. The maximum Gasteiger partial charge on any atom is 0.0746 e. The van der Waals surface area contributed by atoms with Crippen LogP contribution in [0.4, 0.5) is 0 Å². The molecule has 0 aromatic heterocycles. The van der Waals surface area contributed by atoms with E-state index in [1.807, 2.05) is 6.92 Å². The standard InChI is InChI=1S/C15H32N2O/c1-12(2)10-15(5,18)11-16-14-6-8-17(9-7-14)13(3)4/h12-14,16,18H,6-11H2,1-5H3. The zero-order chi connectivity index (χ0) is 13.8. The van der Waals surface area contributed by atoms with E-state index in [9.17, 15) is 5.11 Å². The SMILES string of the molecule is CC(C)CC(C)(O)CNC1CCN(C(C)C)CC1. The second-order valence-electron chi connectivity index (χ2n) is 6.88. The Morgan fingerprint density at radius 1 is 1.22 bits per heavy atom. The first kappa shape index (κ1) is 15.9. The summed E-state index contributed by atoms with van der Waals surface area (Å²) in [5, 5.41) is 13.8. The Labute approximate surface area is 113 Å². The molecule has 0 aromatic carbocycles. The molecule has 0 amide bonds. The number of aliphatic hydroxyl groups is 1. The van der Waals surface area contributed by atoms with E-state index < -0.39 is 5.60 Å². The van der Waals surface area contributed by atoms with Gasteiger partial charge in [-0.1, -0.05) is 13.8 Å². The van der Waals surface area contributed by atoms with Gasteiger partial charge in [0.1, 0.15) is 0 Å². The number of likely N-dealkylation sites (tertiary alicyclic amines) is 1. The molecule has 18 heavy (non-hydrogen) atoms. The summed E-state index contributed by atoms with van der Waals surface area (Å²) in [4.78, 5) is 2.53. The molecule has 2 N–H and O–H groups in total. The molecule has 1 saturated heterocycles. The number of nitrogens with zero attached hydrogens (tertiary/aromatic N) is 1. The van der Waals surface area contributed by atoms with E-state index in [0.29, 0.717) is 18.0 Å². The molecular formula is C15H32N2O. The molecule has 1 aliphatic heterocycles. The lowest BCUT2D eigenvalue weighted by Gasteiger charge is -2.36. The first-order valence-corrected chi connectivity index (χ1v) is 7.50. The van der Waals surface area contributed by atoms with Crippen molar-refractivity contribution in [2.45, 2.75) is 71.6 Å². The molecule has 3 heteroatoms. The van der Waals surface area contributed by atoms with Crippen LogP contribution in [0.3, 0.4) is 0 Å². The van der Waals surface area contributed by atoms with Crippen molar-refractivity contribution in [2.75, 3.05) is 19.6 Å². The average molecular weight is 256 g/mol. The molecule has 1 unspecified atom stereocenters. The van der Waals surface area contributed by atoms with Crippen LogP contribution in [0, 0.1) is 5.92 Å². The van der Waals surface area contributed by atoms with Gasteiger partial charge in [-0.2, -0.15) is 0 Å². The van der Waals surface area contributed by atoms with Crippen LogP contribution in [0.5, 0.6) is 0 Å². The summed E-state index contributed by atoms with van der Waals surface area (Å²) < 4.78 is 0. The fraction of sp³-hybridized carbons (Fsp3) is 1.00. The fourth-order valence-corrected chi connectivity index (χ4v) is 2.94. The lowest BCUT2D eigenvalue weighted by atomic mass is 9.93. The van der Waals surface area contributed by atoms with Crippen LogP contribution >= 0.6 is 0 Å². The number of piperidine rings is 1. The minimum atomic E-state index is -0.566. The minimum absolute atomic E-state index is 0.546. The molecule has 0 saturated carbocycles. The smallest absolute Gasteiger partial charge is 0.0746 e. The number of nitrogens with one attached hydrogen (secondary N) is 1. The predicted molar refractivity (Wildman–Crippen MR) is 77.8 cm³/mol. The van der Waals surface area contributed by atoms with Crippen molar-refractivity contribution in [3.05, 3.63) is 0 Å². The van der Waals surface area contributed by atoms with Crippen molar-refractivity contribution in [1.29, 1.82) is 0 Å². The predicted octanol–water partition coefficient (Wildman–Crippen LogP) is 2.25. The van der Waals surface area contributed by atoms with Gasteiger partial charge < -0.3 is 15.3 Å². The van der Waals surface area contributed by atoms with E-state index in [1.54, 1.807) is 0 Å². The van der Waals surface area contributed by atoms with E-state index >= 15 is 0 Å². The molecule has 1 rings (SSSR count). The summed E-state index contributed by atoms with van der Waals surface area (Å²) in [5.41, 5.74) is -0.566. The Morgan fingerprint density at radius 2 is 1.78 bits per heavy atom. The average Bonchev–Trinajstić information content (AvgIpc) is 2.25.